The minimum atomic E-state index is 0. The summed E-state index contributed by atoms with van der Waals surface area (Å²) in [5.41, 5.74) is 2.29. The second kappa shape index (κ2) is 13.4. The van der Waals surface area contributed by atoms with E-state index in [1.54, 1.807) is 0 Å². The van der Waals surface area contributed by atoms with Crippen molar-refractivity contribution in [2.75, 3.05) is 0 Å². The summed E-state index contributed by atoms with van der Waals surface area (Å²) in [5.74, 6) is 1.26. The summed E-state index contributed by atoms with van der Waals surface area (Å²) >= 11 is 0. The zero-order chi connectivity index (χ0) is 13.0. The number of hydrogen-bond acceptors (Lipinski definition) is 1. The molecule has 0 saturated carbocycles. The smallest absolute Gasteiger partial charge is 0.415 e. The molecule has 0 unspecified atom stereocenters. The molecule has 0 spiro atoms. The first-order valence-corrected chi connectivity index (χ1v) is 6.20. The molecule has 0 aliphatic carbocycles. The number of rotatable bonds is 2. The summed E-state index contributed by atoms with van der Waals surface area (Å²) in [6, 6.07) is 9.55. The van der Waals surface area contributed by atoms with Crippen LogP contribution in [-0.2, 0) is 39.6 Å². The zero-order valence-corrected chi connectivity index (χ0v) is 18.9. The van der Waals surface area contributed by atoms with Crippen LogP contribution >= 0.6 is 0 Å². The summed E-state index contributed by atoms with van der Waals surface area (Å²) in [4.78, 5) is 0. The van der Waals surface area contributed by atoms with Crippen molar-refractivity contribution in [2.45, 2.75) is 41.5 Å². The quantitative estimate of drug-likeness (QED) is 0.515. The van der Waals surface area contributed by atoms with Crippen LogP contribution in [0.15, 0.2) is 24.3 Å². The molecule has 4 heteroatoms. The SMILES string of the molecule is CC.C[C-](C)c1nn([C-](C)C)c2ccccc12.[CH3-].[CH3-].[V+2].[W+2]. The molecule has 0 N–H and O–H groups in total. The zero-order valence-electron chi connectivity index (χ0n) is 14.6. The van der Waals surface area contributed by atoms with E-state index in [-0.39, 0.29) is 54.5 Å². The van der Waals surface area contributed by atoms with Gasteiger partial charge in [0.2, 0.25) is 0 Å². The minimum absolute atomic E-state index is 0. The predicted octanol–water partition coefficient (Wildman–Crippen LogP) is 5.34. The molecule has 21 heavy (non-hydrogen) atoms. The van der Waals surface area contributed by atoms with Crippen LogP contribution in [0.5, 0.6) is 0 Å². The molecule has 1 heterocycles. The van der Waals surface area contributed by atoms with Gasteiger partial charge in [-0.05, 0) is 0 Å². The summed E-state index contributed by atoms with van der Waals surface area (Å²) in [6.07, 6.45) is 0. The molecular weight excluding hydrogens is 467 g/mol. The van der Waals surface area contributed by atoms with E-state index in [0.29, 0.717) is 0 Å². The third-order valence-electron chi connectivity index (χ3n) is 2.48. The molecule has 0 saturated heterocycles. The molecule has 0 aliphatic heterocycles. The fraction of sp³-hybridized carbons (Fsp3) is 0.353. The van der Waals surface area contributed by atoms with Crippen molar-refractivity contribution in [1.29, 1.82) is 0 Å². The number of benzene rings is 1. The van der Waals surface area contributed by atoms with Crippen LogP contribution < -0.4 is 0 Å². The maximum atomic E-state index is 4.63. The van der Waals surface area contributed by atoms with Gasteiger partial charge in [0.15, 0.2) is 0 Å². The molecule has 0 bridgehead atoms. The van der Waals surface area contributed by atoms with E-state index in [1.807, 2.05) is 18.5 Å². The van der Waals surface area contributed by atoms with Crippen LogP contribution in [-0.4, -0.2) is 9.78 Å². The summed E-state index contributed by atoms with van der Waals surface area (Å²) < 4.78 is 2.01. The number of fused-ring (bicyclic) bond motifs is 1. The topological polar surface area (TPSA) is 17.8 Å². The Hall–Kier alpha value is -0.297. The van der Waals surface area contributed by atoms with Crippen LogP contribution in [0.4, 0.5) is 0 Å². The van der Waals surface area contributed by atoms with Gasteiger partial charge in [0.25, 0.3) is 0 Å². The Morgan fingerprint density at radius 1 is 0.952 bits per heavy atom. The van der Waals surface area contributed by atoms with Crippen LogP contribution in [0.3, 0.4) is 0 Å². The molecule has 117 valence electrons. The molecule has 1 aromatic heterocycles. The maximum Gasteiger partial charge on any atom is 2.00 e. The van der Waals surface area contributed by atoms with Crippen molar-refractivity contribution in [3.63, 3.8) is 0 Å². The Morgan fingerprint density at radius 3 is 1.86 bits per heavy atom. The maximum absolute atomic E-state index is 4.63. The van der Waals surface area contributed by atoms with Gasteiger partial charge >= 0.3 is 39.6 Å². The molecule has 0 atom stereocenters. The van der Waals surface area contributed by atoms with Crippen LogP contribution in [0.2, 0.25) is 0 Å². The largest absolute Gasteiger partial charge is 2.00 e. The van der Waals surface area contributed by atoms with Gasteiger partial charge in [-0.25, -0.2) is 10.5 Å². The molecule has 0 aliphatic rings. The third kappa shape index (κ3) is 6.55. The second-order valence-electron chi connectivity index (χ2n) is 4.22. The molecule has 2 nitrogen and oxygen atoms in total. The van der Waals surface area contributed by atoms with E-state index in [1.165, 1.54) is 22.9 Å². The van der Waals surface area contributed by atoms with Gasteiger partial charge in [0, 0.05) is 0 Å². The van der Waals surface area contributed by atoms with Crippen molar-refractivity contribution < 1.29 is 39.6 Å². The van der Waals surface area contributed by atoms with E-state index in [2.05, 4.69) is 57.1 Å². The summed E-state index contributed by atoms with van der Waals surface area (Å²) in [6.45, 7) is 12.4. The van der Waals surface area contributed by atoms with Crippen LogP contribution in [0, 0.1) is 26.8 Å². The molecule has 2 rings (SSSR count). The number of hydrogen-bond donors (Lipinski definition) is 0. The first-order chi connectivity index (χ1) is 8.11. The molecular formula is C17H28N2VW. The van der Waals surface area contributed by atoms with Gasteiger partial charge in [0.1, 0.15) is 0 Å². The van der Waals surface area contributed by atoms with Crippen LogP contribution in [0.1, 0.15) is 47.2 Å². The van der Waals surface area contributed by atoms with Gasteiger partial charge in [-0.15, -0.1) is 26.0 Å². The molecule has 0 amide bonds. The average molecular weight is 495 g/mol. The summed E-state index contributed by atoms with van der Waals surface area (Å²) in [5, 5.41) is 5.87. The first-order valence-electron chi connectivity index (χ1n) is 6.20. The van der Waals surface area contributed by atoms with Crippen molar-refractivity contribution in [2.24, 2.45) is 0 Å². The fourth-order valence-electron chi connectivity index (χ4n) is 1.78. The van der Waals surface area contributed by atoms with Crippen molar-refractivity contribution in [3.05, 3.63) is 56.8 Å². The van der Waals surface area contributed by atoms with Crippen molar-refractivity contribution in [1.82, 2.24) is 9.78 Å². The number of aromatic nitrogens is 2. The van der Waals surface area contributed by atoms with Crippen molar-refractivity contribution in [3.8, 4) is 0 Å². The Kier molecular flexibility index (Phi) is 18.3. The standard InChI is InChI=1S/C13H16N2.C2H6.2CH3.V.W/c1-9(2)13-11-7-5-6-8-12(11)15(14-13)10(3)4;1-2;;;;/h5-8H,1-4H3;1-2H3;2*1H3;;/q-2;;2*-1;2*+2. The van der Waals surface area contributed by atoms with E-state index in [0.717, 1.165) is 5.69 Å². The monoisotopic (exact) mass is 495 g/mol. The second-order valence-corrected chi connectivity index (χ2v) is 4.22. The predicted molar refractivity (Wildman–Crippen MR) is 87.6 cm³/mol. The van der Waals surface area contributed by atoms with E-state index in [9.17, 15) is 0 Å². The van der Waals surface area contributed by atoms with E-state index < -0.39 is 0 Å². The van der Waals surface area contributed by atoms with Gasteiger partial charge in [-0.1, -0.05) is 45.5 Å². The van der Waals surface area contributed by atoms with Gasteiger partial charge in [-0.3, -0.25) is 0 Å². The molecule has 1 radical (unpaired) electrons. The van der Waals surface area contributed by atoms with Gasteiger partial charge in [0.05, 0.1) is 0 Å². The van der Waals surface area contributed by atoms with Gasteiger partial charge < -0.3 is 19.5 Å². The minimum Gasteiger partial charge on any atom is -0.415 e. The van der Waals surface area contributed by atoms with Crippen LogP contribution in [0.25, 0.3) is 10.9 Å². The Balaban J connectivity index is -0.000000231. The molecule has 2 aromatic rings. The normalized spacial score (nSPS) is 7.90. The summed E-state index contributed by atoms with van der Waals surface area (Å²) in [7, 11) is 0. The fourth-order valence-corrected chi connectivity index (χ4v) is 1.78. The van der Waals surface area contributed by atoms with E-state index >= 15 is 0 Å². The Labute approximate surface area is 158 Å². The van der Waals surface area contributed by atoms with Gasteiger partial charge in [-0.2, -0.15) is 17.5 Å². The molecule has 0 fully saturated rings. The van der Waals surface area contributed by atoms with E-state index in [4.69, 9.17) is 0 Å². The average Bonchev–Trinajstić information content (AvgIpc) is 2.71. The Bertz CT molecular complexity index is 437. The number of nitrogens with zero attached hydrogens (tertiary/aromatic N) is 2. The van der Waals surface area contributed by atoms with Crippen molar-refractivity contribution >= 4 is 10.9 Å². The first kappa shape index (κ1) is 28.8. The Morgan fingerprint density at radius 2 is 1.43 bits per heavy atom. The molecule has 1 aromatic carbocycles. The third-order valence-corrected chi connectivity index (χ3v) is 2.48. The number of para-hydroxylation sites is 1.